The Morgan fingerprint density at radius 1 is 1.31 bits per heavy atom. The summed E-state index contributed by atoms with van der Waals surface area (Å²) in [6.45, 7) is 0. The molecule has 0 spiro atoms. The van der Waals surface area contributed by atoms with E-state index in [0.717, 1.165) is 17.5 Å². The Kier molecular flexibility index (Phi) is 2.77. The zero-order valence-corrected chi connectivity index (χ0v) is 8.35. The van der Waals surface area contributed by atoms with Gasteiger partial charge in [0.15, 0.2) is 0 Å². The Morgan fingerprint density at radius 3 is 2.62 bits per heavy atom. The lowest BCUT2D eigenvalue weighted by atomic mass is 10.2. The van der Waals surface area contributed by atoms with E-state index < -0.39 is 4.92 Å². The fourth-order valence-electron chi connectivity index (χ4n) is 1.31. The lowest BCUT2D eigenvalue weighted by Gasteiger charge is -2.00. The van der Waals surface area contributed by atoms with Gasteiger partial charge in [-0.2, -0.15) is 5.10 Å². The van der Waals surface area contributed by atoms with Gasteiger partial charge in [-0.25, -0.2) is 4.68 Å². The van der Waals surface area contributed by atoms with E-state index in [4.69, 9.17) is 0 Å². The highest BCUT2D eigenvalue weighted by Crippen LogP contribution is 2.09. The molecule has 2 aromatic rings. The summed E-state index contributed by atoms with van der Waals surface area (Å²) in [5, 5.41) is 14.2. The topological polar surface area (TPSA) is 61.0 Å². The standard InChI is InChI=1S/C11H9N3O2/c15-14(16)9-6-10-2-4-11(5-3-10)13-8-1-7-12-13/h1-9H. The lowest BCUT2D eigenvalue weighted by molar-refractivity contribution is -0.400. The normalized spacial score (nSPS) is 10.8. The number of hydrogen-bond donors (Lipinski definition) is 0. The Morgan fingerprint density at radius 2 is 2.06 bits per heavy atom. The molecule has 0 aliphatic rings. The molecule has 0 aliphatic carbocycles. The minimum Gasteiger partial charge on any atom is -0.259 e. The molecular formula is C11H9N3O2. The van der Waals surface area contributed by atoms with Crippen LogP contribution in [0, 0.1) is 10.1 Å². The molecule has 0 N–H and O–H groups in total. The second-order valence-electron chi connectivity index (χ2n) is 3.14. The summed E-state index contributed by atoms with van der Waals surface area (Å²) >= 11 is 0. The van der Waals surface area contributed by atoms with Gasteiger partial charge >= 0.3 is 0 Å². The van der Waals surface area contributed by atoms with Gasteiger partial charge in [0.2, 0.25) is 6.20 Å². The molecule has 2 rings (SSSR count). The van der Waals surface area contributed by atoms with Gasteiger partial charge in [-0.1, -0.05) is 12.1 Å². The van der Waals surface area contributed by atoms with Gasteiger partial charge in [0, 0.05) is 18.5 Å². The predicted molar refractivity (Wildman–Crippen MR) is 59.6 cm³/mol. The van der Waals surface area contributed by atoms with E-state index >= 15 is 0 Å². The monoisotopic (exact) mass is 215 g/mol. The molecule has 0 saturated heterocycles. The number of aromatic nitrogens is 2. The third-order valence-electron chi connectivity index (χ3n) is 2.05. The van der Waals surface area contributed by atoms with Crippen LogP contribution in [0.4, 0.5) is 0 Å². The molecule has 0 atom stereocenters. The maximum absolute atomic E-state index is 10.1. The second kappa shape index (κ2) is 4.39. The van der Waals surface area contributed by atoms with Crippen LogP contribution in [0.15, 0.2) is 48.9 Å². The molecule has 0 fully saturated rings. The smallest absolute Gasteiger partial charge is 0.235 e. The van der Waals surface area contributed by atoms with E-state index in [2.05, 4.69) is 5.10 Å². The van der Waals surface area contributed by atoms with Crippen LogP contribution in [0.3, 0.4) is 0 Å². The Balaban J connectivity index is 2.20. The van der Waals surface area contributed by atoms with Crippen LogP contribution >= 0.6 is 0 Å². The van der Waals surface area contributed by atoms with Gasteiger partial charge in [-0.05, 0) is 23.8 Å². The zero-order chi connectivity index (χ0) is 11.4. The number of hydrogen-bond acceptors (Lipinski definition) is 3. The minimum atomic E-state index is -0.485. The van der Waals surface area contributed by atoms with E-state index in [1.165, 1.54) is 6.08 Å². The molecule has 1 aromatic heterocycles. The maximum atomic E-state index is 10.1. The van der Waals surface area contributed by atoms with Crippen molar-refractivity contribution in [3.8, 4) is 5.69 Å². The first-order valence-electron chi connectivity index (χ1n) is 4.67. The van der Waals surface area contributed by atoms with Gasteiger partial charge < -0.3 is 0 Å². The third-order valence-corrected chi connectivity index (χ3v) is 2.05. The molecule has 80 valence electrons. The summed E-state index contributed by atoms with van der Waals surface area (Å²) in [6.07, 6.45) is 5.90. The van der Waals surface area contributed by atoms with Crippen LogP contribution in [-0.4, -0.2) is 14.7 Å². The van der Waals surface area contributed by atoms with Crippen molar-refractivity contribution in [2.45, 2.75) is 0 Å². The number of nitro groups is 1. The zero-order valence-electron chi connectivity index (χ0n) is 8.35. The Labute approximate surface area is 91.8 Å². The molecule has 0 amide bonds. The first kappa shape index (κ1) is 10.1. The van der Waals surface area contributed by atoms with Crippen LogP contribution in [0.25, 0.3) is 11.8 Å². The molecule has 0 unspecified atom stereocenters. The molecule has 0 radical (unpaired) electrons. The fraction of sp³-hybridized carbons (Fsp3) is 0. The van der Waals surface area contributed by atoms with Crippen LogP contribution < -0.4 is 0 Å². The third kappa shape index (κ3) is 2.33. The Hall–Kier alpha value is -2.43. The van der Waals surface area contributed by atoms with Crippen molar-refractivity contribution in [2.75, 3.05) is 0 Å². The highest BCUT2D eigenvalue weighted by atomic mass is 16.6. The molecule has 5 heteroatoms. The summed E-state index contributed by atoms with van der Waals surface area (Å²) in [6, 6.07) is 9.15. The summed E-state index contributed by atoms with van der Waals surface area (Å²) in [5.41, 5.74) is 1.70. The largest absolute Gasteiger partial charge is 0.259 e. The average molecular weight is 215 g/mol. The quantitative estimate of drug-likeness (QED) is 0.582. The van der Waals surface area contributed by atoms with Crippen molar-refractivity contribution in [2.24, 2.45) is 0 Å². The molecule has 5 nitrogen and oxygen atoms in total. The highest BCUT2D eigenvalue weighted by Gasteiger charge is 1.95. The molecular weight excluding hydrogens is 206 g/mol. The van der Waals surface area contributed by atoms with Gasteiger partial charge in [0.25, 0.3) is 0 Å². The van der Waals surface area contributed by atoms with Crippen LogP contribution in [0.1, 0.15) is 5.56 Å². The summed E-state index contributed by atoms with van der Waals surface area (Å²) in [7, 11) is 0. The van der Waals surface area contributed by atoms with E-state index in [0.29, 0.717) is 0 Å². The van der Waals surface area contributed by atoms with Crippen molar-refractivity contribution < 1.29 is 4.92 Å². The van der Waals surface area contributed by atoms with Crippen molar-refractivity contribution in [1.29, 1.82) is 0 Å². The highest BCUT2D eigenvalue weighted by molar-refractivity contribution is 5.50. The first-order chi connectivity index (χ1) is 7.75. The maximum Gasteiger partial charge on any atom is 0.235 e. The van der Waals surface area contributed by atoms with Crippen LogP contribution in [0.5, 0.6) is 0 Å². The molecule has 0 aliphatic heterocycles. The van der Waals surface area contributed by atoms with Gasteiger partial charge in [0.05, 0.1) is 10.6 Å². The van der Waals surface area contributed by atoms with E-state index in [9.17, 15) is 10.1 Å². The SMILES string of the molecule is O=[N+]([O-])C=Cc1ccc(-n2cccn2)cc1. The van der Waals surface area contributed by atoms with Crippen molar-refractivity contribution >= 4 is 6.08 Å². The molecule has 1 aromatic carbocycles. The number of nitrogens with zero attached hydrogens (tertiary/aromatic N) is 3. The van der Waals surface area contributed by atoms with E-state index in [1.54, 1.807) is 23.0 Å². The van der Waals surface area contributed by atoms with Gasteiger partial charge in [-0.3, -0.25) is 10.1 Å². The number of rotatable bonds is 3. The van der Waals surface area contributed by atoms with Crippen LogP contribution in [-0.2, 0) is 0 Å². The lowest BCUT2D eigenvalue weighted by Crippen LogP contribution is -1.93. The van der Waals surface area contributed by atoms with Gasteiger partial charge in [-0.15, -0.1) is 0 Å². The van der Waals surface area contributed by atoms with Crippen molar-refractivity contribution in [3.05, 3.63) is 64.6 Å². The van der Waals surface area contributed by atoms with Crippen LogP contribution in [0.2, 0.25) is 0 Å². The minimum absolute atomic E-state index is 0.485. The fourth-order valence-corrected chi connectivity index (χ4v) is 1.31. The molecule has 16 heavy (non-hydrogen) atoms. The van der Waals surface area contributed by atoms with E-state index in [-0.39, 0.29) is 0 Å². The first-order valence-corrected chi connectivity index (χ1v) is 4.67. The number of benzene rings is 1. The average Bonchev–Trinajstić information content (AvgIpc) is 2.80. The van der Waals surface area contributed by atoms with Crippen molar-refractivity contribution in [3.63, 3.8) is 0 Å². The molecule has 0 saturated carbocycles. The second-order valence-corrected chi connectivity index (χ2v) is 3.14. The Bertz CT molecular complexity index is 501. The molecule has 1 heterocycles. The van der Waals surface area contributed by atoms with Gasteiger partial charge in [0.1, 0.15) is 0 Å². The summed E-state index contributed by atoms with van der Waals surface area (Å²) < 4.78 is 1.72. The molecule has 0 bridgehead atoms. The van der Waals surface area contributed by atoms with E-state index in [1.807, 2.05) is 24.4 Å². The summed E-state index contributed by atoms with van der Waals surface area (Å²) in [4.78, 5) is 9.65. The van der Waals surface area contributed by atoms with Crippen molar-refractivity contribution in [1.82, 2.24) is 9.78 Å². The predicted octanol–water partition coefficient (Wildman–Crippen LogP) is 2.12. The summed E-state index contributed by atoms with van der Waals surface area (Å²) in [5.74, 6) is 0.